The van der Waals surface area contributed by atoms with Crippen molar-refractivity contribution in [2.75, 3.05) is 13.7 Å². The van der Waals surface area contributed by atoms with Crippen LogP contribution in [0.1, 0.15) is 41.0 Å². The van der Waals surface area contributed by atoms with Crippen molar-refractivity contribution in [1.82, 2.24) is 4.57 Å². The van der Waals surface area contributed by atoms with E-state index in [1.807, 2.05) is 17.6 Å². The minimum absolute atomic E-state index is 0.120. The van der Waals surface area contributed by atoms with Gasteiger partial charge in [0.05, 0.1) is 28.6 Å². The smallest absolute Gasteiger partial charge is 0.314 e. The molecule has 0 fully saturated rings. The van der Waals surface area contributed by atoms with E-state index < -0.39 is 0 Å². The van der Waals surface area contributed by atoms with E-state index in [2.05, 4.69) is 31.9 Å². The van der Waals surface area contributed by atoms with Gasteiger partial charge in [0.1, 0.15) is 11.4 Å². The van der Waals surface area contributed by atoms with Gasteiger partial charge in [0.15, 0.2) is 0 Å². The highest BCUT2D eigenvalue weighted by atomic mass is 79.9. The second-order valence-corrected chi connectivity index (χ2v) is 7.25. The van der Waals surface area contributed by atoms with Crippen molar-refractivity contribution < 1.29 is 19.1 Å². The van der Waals surface area contributed by atoms with Crippen LogP contribution in [0.5, 0.6) is 5.75 Å². The predicted molar refractivity (Wildman–Crippen MR) is 100 cm³/mol. The topological polar surface area (TPSA) is 57.5 Å². The average Bonchev–Trinajstić information content (AvgIpc) is 3.14. The molecule has 1 aliphatic heterocycles. The van der Waals surface area contributed by atoms with Gasteiger partial charge in [0.2, 0.25) is 5.78 Å². The maximum absolute atomic E-state index is 13.1. The summed E-state index contributed by atoms with van der Waals surface area (Å²) in [6, 6.07) is 7.12. The molecule has 7 heteroatoms. The third-order valence-electron chi connectivity index (χ3n) is 4.27. The van der Waals surface area contributed by atoms with Crippen LogP contribution in [-0.4, -0.2) is 30.0 Å². The number of aromatic nitrogens is 1. The molecule has 0 amide bonds. The molecular formula is C18H17Br2NO4. The number of rotatable bonds is 5. The van der Waals surface area contributed by atoms with Gasteiger partial charge in [-0.15, -0.1) is 0 Å². The zero-order valence-corrected chi connectivity index (χ0v) is 17.0. The average molecular weight is 471 g/mol. The van der Waals surface area contributed by atoms with Crippen LogP contribution in [0.4, 0.5) is 0 Å². The van der Waals surface area contributed by atoms with Crippen molar-refractivity contribution in [2.24, 2.45) is 0 Å². The first-order valence-electron chi connectivity index (χ1n) is 7.92. The predicted octanol–water partition coefficient (Wildman–Crippen LogP) is 4.30. The van der Waals surface area contributed by atoms with E-state index in [1.54, 1.807) is 18.2 Å². The van der Waals surface area contributed by atoms with E-state index in [-0.39, 0.29) is 17.7 Å². The van der Waals surface area contributed by atoms with Gasteiger partial charge in [-0.3, -0.25) is 9.59 Å². The van der Waals surface area contributed by atoms with Crippen LogP contribution < -0.4 is 4.74 Å². The maximum atomic E-state index is 13.1. The summed E-state index contributed by atoms with van der Waals surface area (Å²) in [6.07, 6.45) is 0.618. The Morgan fingerprint density at radius 1 is 1.28 bits per heavy atom. The first kappa shape index (κ1) is 18.2. The lowest BCUT2D eigenvalue weighted by atomic mass is 10.1. The summed E-state index contributed by atoms with van der Waals surface area (Å²) < 4.78 is 13.7. The van der Waals surface area contributed by atoms with Gasteiger partial charge < -0.3 is 14.0 Å². The number of hydrogen-bond acceptors (Lipinski definition) is 4. The van der Waals surface area contributed by atoms with Gasteiger partial charge in [-0.1, -0.05) is 12.1 Å². The Morgan fingerprint density at radius 3 is 2.72 bits per heavy atom. The van der Waals surface area contributed by atoms with E-state index in [0.717, 1.165) is 10.2 Å². The number of carbonyl (C=O) groups is 2. The third-order valence-corrected chi connectivity index (χ3v) is 6.37. The fourth-order valence-electron chi connectivity index (χ4n) is 3.17. The molecule has 2 heterocycles. The van der Waals surface area contributed by atoms with Crippen molar-refractivity contribution in [3.8, 4) is 5.75 Å². The lowest BCUT2D eigenvalue weighted by molar-refractivity contribution is -0.142. The number of halogens is 2. The minimum atomic E-state index is -0.369. The summed E-state index contributed by atoms with van der Waals surface area (Å²) in [5, 5.41) is 0. The van der Waals surface area contributed by atoms with Crippen LogP contribution in [0.2, 0.25) is 0 Å². The molecule has 1 atom stereocenters. The van der Waals surface area contributed by atoms with E-state index in [9.17, 15) is 9.59 Å². The van der Waals surface area contributed by atoms with Crippen molar-refractivity contribution in [1.29, 1.82) is 0 Å². The Kier molecular flexibility index (Phi) is 5.34. The van der Waals surface area contributed by atoms with Crippen LogP contribution in [0.15, 0.2) is 33.2 Å². The Bertz CT molecular complexity index is 844. The van der Waals surface area contributed by atoms with Gasteiger partial charge in [-0.05, 0) is 57.3 Å². The standard InChI is InChI=1S/C18H17Br2NO4/c1-3-25-11-6-4-5-10(9-11)17(22)16-14(20)13(19)15-12(18(23)24-2)7-8-21(15)16/h4-6,9,12H,3,7-8H2,1-2H3. The normalized spacial score (nSPS) is 15.8. The largest absolute Gasteiger partial charge is 0.494 e. The molecule has 0 saturated heterocycles. The summed E-state index contributed by atoms with van der Waals surface area (Å²) >= 11 is 7.02. The third kappa shape index (κ3) is 3.15. The van der Waals surface area contributed by atoms with Crippen LogP contribution >= 0.6 is 31.9 Å². The molecule has 1 aromatic heterocycles. The van der Waals surface area contributed by atoms with Crippen molar-refractivity contribution >= 4 is 43.6 Å². The Morgan fingerprint density at radius 2 is 2.04 bits per heavy atom. The molecular weight excluding hydrogens is 454 g/mol. The molecule has 25 heavy (non-hydrogen) atoms. The summed E-state index contributed by atoms with van der Waals surface area (Å²) in [5.41, 5.74) is 1.85. The number of hydrogen-bond donors (Lipinski definition) is 0. The second-order valence-electron chi connectivity index (χ2n) is 5.67. The first-order valence-corrected chi connectivity index (χ1v) is 9.50. The Hall–Kier alpha value is -1.60. The SMILES string of the molecule is CCOc1cccc(C(=O)c2c(Br)c(Br)c3n2CCC3C(=O)OC)c1. The zero-order valence-electron chi connectivity index (χ0n) is 13.8. The highest BCUT2D eigenvalue weighted by Gasteiger charge is 2.37. The molecule has 1 aliphatic rings. The van der Waals surface area contributed by atoms with Gasteiger partial charge in [0.25, 0.3) is 0 Å². The van der Waals surface area contributed by atoms with Gasteiger partial charge in [-0.25, -0.2) is 0 Å². The summed E-state index contributed by atoms with van der Waals surface area (Å²) in [5.74, 6) is -0.121. The van der Waals surface area contributed by atoms with E-state index >= 15 is 0 Å². The lowest BCUT2D eigenvalue weighted by Gasteiger charge is -2.08. The number of methoxy groups -OCH3 is 1. The zero-order chi connectivity index (χ0) is 18.1. The van der Waals surface area contributed by atoms with Crippen LogP contribution in [0, 0.1) is 0 Å². The number of fused-ring (bicyclic) bond motifs is 1. The molecule has 0 N–H and O–H groups in total. The molecule has 132 valence electrons. The van der Waals surface area contributed by atoms with E-state index in [1.165, 1.54) is 7.11 Å². The molecule has 0 radical (unpaired) electrons. The molecule has 3 rings (SSSR count). The van der Waals surface area contributed by atoms with Crippen molar-refractivity contribution in [2.45, 2.75) is 25.8 Å². The molecule has 0 aliphatic carbocycles. The van der Waals surface area contributed by atoms with E-state index in [4.69, 9.17) is 9.47 Å². The van der Waals surface area contributed by atoms with Gasteiger partial charge in [0, 0.05) is 17.8 Å². The number of carbonyl (C=O) groups excluding carboxylic acids is 2. The highest BCUT2D eigenvalue weighted by molar-refractivity contribution is 9.13. The molecule has 2 aromatic rings. The number of ether oxygens (including phenoxy) is 2. The number of esters is 1. The molecule has 5 nitrogen and oxygen atoms in total. The minimum Gasteiger partial charge on any atom is -0.494 e. The quantitative estimate of drug-likeness (QED) is 0.482. The molecule has 1 aromatic carbocycles. The lowest BCUT2D eigenvalue weighted by Crippen LogP contribution is -2.12. The molecule has 0 saturated carbocycles. The number of benzene rings is 1. The molecule has 0 bridgehead atoms. The highest BCUT2D eigenvalue weighted by Crippen LogP contribution is 2.43. The van der Waals surface area contributed by atoms with Gasteiger partial charge in [-0.2, -0.15) is 0 Å². The van der Waals surface area contributed by atoms with Crippen molar-refractivity contribution in [3.05, 3.63) is 50.2 Å². The number of ketones is 1. The van der Waals surface area contributed by atoms with Crippen LogP contribution in [-0.2, 0) is 16.1 Å². The molecule has 0 spiro atoms. The molecule has 1 unspecified atom stereocenters. The first-order chi connectivity index (χ1) is 12.0. The van der Waals surface area contributed by atoms with E-state index in [0.29, 0.717) is 41.1 Å². The number of nitrogens with zero attached hydrogens (tertiary/aromatic N) is 1. The van der Waals surface area contributed by atoms with Crippen LogP contribution in [0.25, 0.3) is 0 Å². The Labute approximate surface area is 162 Å². The summed E-state index contributed by atoms with van der Waals surface area (Å²) in [4.78, 5) is 25.1. The maximum Gasteiger partial charge on any atom is 0.314 e. The monoisotopic (exact) mass is 469 g/mol. The van der Waals surface area contributed by atoms with Gasteiger partial charge >= 0.3 is 5.97 Å². The fraction of sp³-hybridized carbons (Fsp3) is 0.333. The van der Waals surface area contributed by atoms with Crippen molar-refractivity contribution in [3.63, 3.8) is 0 Å². The second kappa shape index (κ2) is 7.33. The fourth-order valence-corrected chi connectivity index (χ4v) is 4.44. The summed E-state index contributed by atoms with van der Waals surface area (Å²) in [7, 11) is 1.38. The Balaban J connectivity index is 2.04. The van der Waals surface area contributed by atoms with Crippen LogP contribution in [0.3, 0.4) is 0 Å². The summed E-state index contributed by atoms with van der Waals surface area (Å²) in [6.45, 7) is 3.02.